The number of hydrogen-bond acceptors (Lipinski definition) is 2. The summed E-state index contributed by atoms with van der Waals surface area (Å²) < 4.78 is 0. The zero-order chi connectivity index (χ0) is 22.5. The number of nitrogens with zero attached hydrogens (tertiary/aromatic N) is 1. The third kappa shape index (κ3) is 7.01. The smallest absolute Gasteiger partial charge is 0.243 e. The number of aryl methyl sites for hydroxylation is 3. The van der Waals surface area contributed by atoms with Crippen LogP contribution in [0, 0.1) is 20.8 Å². The van der Waals surface area contributed by atoms with Crippen LogP contribution in [0.1, 0.15) is 61.9 Å². The van der Waals surface area contributed by atoms with Crippen molar-refractivity contribution in [3.8, 4) is 0 Å². The van der Waals surface area contributed by atoms with Crippen LogP contribution in [0.15, 0.2) is 42.5 Å². The molecular formula is C26H36N2O2. The lowest BCUT2D eigenvalue weighted by atomic mass is 10.0. The number of benzene rings is 2. The molecule has 2 rings (SSSR count). The Kier molecular flexibility index (Phi) is 7.83. The Labute approximate surface area is 181 Å². The normalized spacial score (nSPS) is 12.4. The summed E-state index contributed by atoms with van der Waals surface area (Å²) in [4.78, 5) is 28.2. The van der Waals surface area contributed by atoms with E-state index >= 15 is 0 Å². The summed E-state index contributed by atoms with van der Waals surface area (Å²) in [5.41, 5.74) is 5.09. The van der Waals surface area contributed by atoms with Gasteiger partial charge in [0.2, 0.25) is 11.8 Å². The minimum atomic E-state index is -0.511. The van der Waals surface area contributed by atoms with Crippen LogP contribution in [0.5, 0.6) is 0 Å². The van der Waals surface area contributed by atoms with Crippen molar-refractivity contribution in [1.29, 1.82) is 0 Å². The topological polar surface area (TPSA) is 49.4 Å². The molecular weight excluding hydrogens is 372 g/mol. The van der Waals surface area contributed by atoms with E-state index in [-0.39, 0.29) is 23.8 Å². The average molecular weight is 409 g/mol. The molecule has 2 amide bonds. The van der Waals surface area contributed by atoms with Crippen LogP contribution >= 0.6 is 0 Å². The molecule has 162 valence electrons. The van der Waals surface area contributed by atoms with Crippen LogP contribution < -0.4 is 5.32 Å². The number of carbonyl (C=O) groups is 2. The molecule has 0 aliphatic rings. The fourth-order valence-electron chi connectivity index (χ4n) is 3.83. The molecule has 0 aliphatic heterocycles. The Balaban J connectivity index is 2.35. The van der Waals surface area contributed by atoms with Gasteiger partial charge in [-0.2, -0.15) is 0 Å². The summed E-state index contributed by atoms with van der Waals surface area (Å²) in [6, 6.07) is 13.8. The van der Waals surface area contributed by atoms with Gasteiger partial charge in [-0.05, 0) is 59.1 Å². The number of hydrogen-bond donors (Lipinski definition) is 1. The average Bonchev–Trinajstić information content (AvgIpc) is 2.59. The van der Waals surface area contributed by atoms with Gasteiger partial charge in [0.05, 0.1) is 6.42 Å². The zero-order valence-corrected chi connectivity index (χ0v) is 19.5. The van der Waals surface area contributed by atoms with Gasteiger partial charge < -0.3 is 10.2 Å². The van der Waals surface area contributed by atoms with Crippen LogP contribution in [0.2, 0.25) is 0 Å². The van der Waals surface area contributed by atoms with E-state index in [0.29, 0.717) is 13.0 Å². The lowest BCUT2D eigenvalue weighted by Gasteiger charge is -2.33. The third-order valence-corrected chi connectivity index (χ3v) is 4.96. The first-order chi connectivity index (χ1) is 14.0. The van der Waals surface area contributed by atoms with E-state index in [0.717, 1.165) is 27.8 Å². The number of carbonyl (C=O) groups excluding carboxylic acids is 2. The van der Waals surface area contributed by atoms with Crippen LogP contribution in [0.4, 0.5) is 0 Å². The highest BCUT2D eigenvalue weighted by atomic mass is 16.2. The van der Waals surface area contributed by atoms with E-state index in [9.17, 15) is 9.59 Å². The first-order valence-corrected chi connectivity index (χ1v) is 10.7. The second kappa shape index (κ2) is 9.92. The van der Waals surface area contributed by atoms with Crippen molar-refractivity contribution in [1.82, 2.24) is 10.2 Å². The Morgan fingerprint density at radius 1 is 0.933 bits per heavy atom. The molecule has 0 heterocycles. The van der Waals surface area contributed by atoms with Gasteiger partial charge in [0, 0.05) is 12.1 Å². The van der Waals surface area contributed by atoms with Crippen molar-refractivity contribution in [2.45, 2.75) is 79.4 Å². The molecule has 0 saturated carbocycles. The summed E-state index contributed by atoms with van der Waals surface area (Å²) in [5, 5.41) is 3.05. The molecule has 1 N–H and O–H groups in total. The van der Waals surface area contributed by atoms with Crippen molar-refractivity contribution in [2.75, 3.05) is 0 Å². The van der Waals surface area contributed by atoms with E-state index in [1.54, 1.807) is 4.90 Å². The molecule has 0 saturated heterocycles. The predicted octanol–water partition coefficient (Wildman–Crippen LogP) is 4.88. The van der Waals surface area contributed by atoms with Gasteiger partial charge in [-0.15, -0.1) is 0 Å². The zero-order valence-electron chi connectivity index (χ0n) is 19.5. The molecule has 2 aromatic carbocycles. The third-order valence-electron chi connectivity index (χ3n) is 4.96. The van der Waals surface area contributed by atoms with Crippen molar-refractivity contribution >= 4 is 11.8 Å². The molecule has 0 fully saturated rings. The van der Waals surface area contributed by atoms with Gasteiger partial charge in [0.1, 0.15) is 6.04 Å². The Morgan fingerprint density at radius 3 is 2.07 bits per heavy atom. The number of nitrogens with one attached hydrogen (secondary N) is 1. The lowest BCUT2D eigenvalue weighted by Crippen LogP contribution is -2.53. The van der Waals surface area contributed by atoms with Crippen LogP contribution in [-0.2, 0) is 22.6 Å². The van der Waals surface area contributed by atoms with Gasteiger partial charge in [0.15, 0.2) is 0 Å². The van der Waals surface area contributed by atoms with Gasteiger partial charge in [0.25, 0.3) is 0 Å². The predicted molar refractivity (Wildman–Crippen MR) is 123 cm³/mol. The van der Waals surface area contributed by atoms with Gasteiger partial charge in [-0.1, -0.05) is 66.1 Å². The van der Waals surface area contributed by atoms with Gasteiger partial charge in [-0.3, -0.25) is 9.59 Å². The highest BCUT2D eigenvalue weighted by Crippen LogP contribution is 2.18. The molecule has 0 bridgehead atoms. The fraction of sp³-hybridized carbons (Fsp3) is 0.462. The number of amides is 2. The Hall–Kier alpha value is -2.62. The second-order valence-corrected chi connectivity index (χ2v) is 9.35. The molecule has 1 unspecified atom stereocenters. The lowest BCUT2D eigenvalue weighted by molar-refractivity contribution is -0.141. The van der Waals surface area contributed by atoms with Crippen molar-refractivity contribution < 1.29 is 9.59 Å². The summed E-state index contributed by atoms with van der Waals surface area (Å²) in [5.74, 6) is -0.135. The second-order valence-electron chi connectivity index (χ2n) is 9.35. The Morgan fingerprint density at radius 2 is 1.53 bits per heavy atom. The minimum Gasteiger partial charge on any atom is -0.350 e. The van der Waals surface area contributed by atoms with E-state index < -0.39 is 6.04 Å². The van der Waals surface area contributed by atoms with E-state index in [2.05, 4.69) is 17.4 Å². The quantitative estimate of drug-likeness (QED) is 0.710. The fourth-order valence-corrected chi connectivity index (χ4v) is 3.83. The first kappa shape index (κ1) is 23.7. The van der Waals surface area contributed by atoms with E-state index in [4.69, 9.17) is 0 Å². The van der Waals surface area contributed by atoms with Crippen LogP contribution in [0.3, 0.4) is 0 Å². The summed E-state index contributed by atoms with van der Waals surface area (Å²) >= 11 is 0. The first-order valence-electron chi connectivity index (χ1n) is 10.7. The molecule has 0 aliphatic carbocycles. The van der Waals surface area contributed by atoms with Crippen LogP contribution in [-0.4, -0.2) is 28.3 Å². The molecule has 0 radical (unpaired) electrons. The largest absolute Gasteiger partial charge is 0.350 e. The maximum atomic E-state index is 13.4. The molecule has 0 aromatic heterocycles. The van der Waals surface area contributed by atoms with Gasteiger partial charge >= 0.3 is 0 Å². The van der Waals surface area contributed by atoms with Crippen molar-refractivity contribution in [3.05, 3.63) is 70.3 Å². The maximum absolute atomic E-state index is 13.4. The molecule has 0 spiro atoms. The Bertz CT molecular complexity index is 876. The van der Waals surface area contributed by atoms with E-state index in [1.165, 1.54) is 0 Å². The van der Waals surface area contributed by atoms with Crippen LogP contribution in [0.25, 0.3) is 0 Å². The summed E-state index contributed by atoms with van der Waals surface area (Å²) in [6.45, 7) is 14.4. The highest BCUT2D eigenvalue weighted by Gasteiger charge is 2.30. The monoisotopic (exact) mass is 408 g/mol. The summed E-state index contributed by atoms with van der Waals surface area (Å²) in [6.07, 6.45) is 0.847. The molecule has 4 nitrogen and oxygen atoms in total. The minimum absolute atomic E-state index is 0.0302. The summed E-state index contributed by atoms with van der Waals surface area (Å²) in [7, 11) is 0. The van der Waals surface area contributed by atoms with Crippen molar-refractivity contribution in [3.63, 3.8) is 0 Å². The maximum Gasteiger partial charge on any atom is 0.243 e. The van der Waals surface area contributed by atoms with Gasteiger partial charge in [-0.25, -0.2) is 0 Å². The van der Waals surface area contributed by atoms with E-state index in [1.807, 2.05) is 78.8 Å². The standard InChI is InChI=1S/C26H36N2O2/c1-8-23(25(30)27-26(5,6)7)28(17-21-11-9-10-18(2)13-21)24(29)16-22-14-19(3)12-20(4)15-22/h9-15,23H,8,16-17H2,1-7H3,(H,27,30). The van der Waals surface area contributed by atoms with Crippen molar-refractivity contribution in [2.24, 2.45) is 0 Å². The number of rotatable bonds is 7. The molecule has 2 aromatic rings. The molecule has 1 atom stereocenters. The molecule has 4 heteroatoms. The SMILES string of the molecule is CCC(C(=O)NC(C)(C)C)N(Cc1cccc(C)c1)C(=O)Cc1cc(C)cc(C)c1. The highest BCUT2D eigenvalue weighted by molar-refractivity contribution is 5.88. The molecule has 30 heavy (non-hydrogen) atoms.